The predicted molar refractivity (Wildman–Crippen MR) is 93.4 cm³/mol. The van der Waals surface area contributed by atoms with E-state index < -0.39 is 0 Å². The van der Waals surface area contributed by atoms with Gasteiger partial charge in [0.25, 0.3) is 0 Å². The number of ether oxygens (including phenoxy) is 1. The molecule has 0 fully saturated rings. The second-order valence-corrected chi connectivity index (χ2v) is 4.47. The first-order chi connectivity index (χ1) is 8.61. The van der Waals surface area contributed by atoms with Crippen molar-refractivity contribution in [1.82, 2.24) is 10.2 Å². The van der Waals surface area contributed by atoms with Crippen LogP contribution in [0.3, 0.4) is 0 Å². The summed E-state index contributed by atoms with van der Waals surface area (Å²) in [4.78, 5) is 6.63. The molecule has 5 nitrogen and oxygen atoms in total. The minimum absolute atomic E-state index is 0. The van der Waals surface area contributed by atoms with E-state index in [4.69, 9.17) is 10.5 Å². The van der Waals surface area contributed by atoms with Gasteiger partial charge in [-0.3, -0.25) is 9.89 Å². The molecule has 19 heavy (non-hydrogen) atoms. The third-order valence-electron chi connectivity index (χ3n) is 2.77. The Bertz CT molecular complexity index is 225. The third kappa shape index (κ3) is 12.7. The smallest absolute Gasteiger partial charge is 0.188 e. The topological polar surface area (TPSA) is 62.9 Å². The summed E-state index contributed by atoms with van der Waals surface area (Å²) < 4.78 is 5.23. The summed E-state index contributed by atoms with van der Waals surface area (Å²) in [5.74, 6) is 0.534. The molecule has 0 aromatic heterocycles. The van der Waals surface area contributed by atoms with E-state index >= 15 is 0 Å². The minimum Gasteiger partial charge on any atom is -0.382 e. The fourth-order valence-electron chi connectivity index (χ4n) is 1.68. The fourth-order valence-corrected chi connectivity index (χ4v) is 1.68. The second-order valence-electron chi connectivity index (χ2n) is 4.47. The van der Waals surface area contributed by atoms with Crippen molar-refractivity contribution in [3.05, 3.63) is 0 Å². The van der Waals surface area contributed by atoms with Crippen molar-refractivity contribution >= 4 is 29.9 Å². The minimum atomic E-state index is 0. The van der Waals surface area contributed by atoms with E-state index in [9.17, 15) is 0 Å². The molecule has 0 aliphatic rings. The van der Waals surface area contributed by atoms with E-state index in [1.807, 2.05) is 6.92 Å². The number of rotatable bonds is 10. The van der Waals surface area contributed by atoms with Crippen LogP contribution in [0.4, 0.5) is 0 Å². The van der Waals surface area contributed by atoms with Gasteiger partial charge in [-0.25, -0.2) is 0 Å². The number of likely N-dealkylation sites (N-methyl/N-ethyl adjacent to an activating group) is 1. The zero-order valence-electron chi connectivity index (χ0n) is 12.8. The van der Waals surface area contributed by atoms with Crippen molar-refractivity contribution in [1.29, 1.82) is 0 Å². The van der Waals surface area contributed by atoms with Crippen LogP contribution < -0.4 is 11.1 Å². The maximum atomic E-state index is 5.77. The van der Waals surface area contributed by atoms with E-state index in [1.54, 1.807) is 0 Å². The highest BCUT2D eigenvalue weighted by Crippen LogP contribution is 1.95. The van der Waals surface area contributed by atoms with Crippen LogP contribution in [0, 0.1) is 0 Å². The van der Waals surface area contributed by atoms with Gasteiger partial charge < -0.3 is 15.8 Å². The highest BCUT2D eigenvalue weighted by Gasteiger charge is 2.05. The monoisotopic (exact) mass is 386 g/mol. The van der Waals surface area contributed by atoms with Gasteiger partial charge in [0, 0.05) is 38.9 Å². The van der Waals surface area contributed by atoms with Gasteiger partial charge in [0.1, 0.15) is 0 Å². The molecule has 0 rings (SSSR count). The Morgan fingerprint density at radius 2 is 2.05 bits per heavy atom. The quantitative estimate of drug-likeness (QED) is 0.260. The van der Waals surface area contributed by atoms with Crippen molar-refractivity contribution in [2.45, 2.75) is 40.2 Å². The molecule has 6 heteroatoms. The molecule has 3 N–H and O–H groups in total. The Kier molecular flexibility index (Phi) is 16.0. The predicted octanol–water partition coefficient (Wildman–Crippen LogP) is 1.67. The molecule has 0 aliphatic heterocycles. The maximum absolute atomic E-state index is 5.77. The van der Waals surface area contributed by atoms with Gasteiger partial charge in [0.15, 0.2) is 5.96 Å². The van der Waals surface area contributed by atoms with Gasteiger partial charge in [-0.05, 0) is 33.7 Å². The van der Waals surface area contributed by atoms with Crippen LogP contribution in [-0.4, -0.2) is 56.3 Å². The lowest BCUT2D eigenvalue weighted by Crippen LogP contribution is -2.41. The standard InChI is InChI=1S/C13H30N4O.HI/c1-5-17(12(3)4)10-9-16-13(14)15-8-7-11-18-6-2;/h12H,5-11H2,1-4H3,(H3,14,15,16);1H. The van der Waals surface area contributed by atoms with E-state index in [2.05, 4.69) is 36.0 Å². The Balaban J connectivity index is 0. The molecule has 0 spiro atoms. The zero-order valence-corrected chi connectivity index (χ0v) is 15.1. The summed E-state index contributed by atoms with van der Waals surface area (Å²) in [5, 5.41) is 3.14. The summed E-state index contributed by atoms with van der Waals surface area (Å²) in [6, 6.07) is 0.571. The second kappa shape index (κ2) is 14.3. The van der Waals surface area contributed by atoms with Gasteiger partial charge in [-0.15, -0.1) is 24.0 Å². The molecule has 0 amide bonds. The number of hydrogen-bond donors (Lipinski definition) is 2. The molecule has 116 valence electrons. The van der Waals surface area contributed by atoms with Crippen LogP contribution in [-0.2, 0) is 4.74 Å². The number of hydrogen-bond acceptors (Lipinski definition) is 3. The SMILES string of the molecule is CCOCCCN=C(N)NCCN(CC)C(C)C.I. The molecule has 0 saturated carbocycles. The number of guanidine groups is 1. The molecule has 0 aromatic rings. The summed E-state index contributed by atoms with van der Waals surface area (Å²) in [6.45, 7) is 13.7. The molecule has 0 unspecified atom stereocenters. The fraction of sp³-hybridized carbons (Fsp3) is 0.923. The first kappa shape index (κ1) is 21.2. The highest BCUT2D eigenvalue weighted by atomic mass is 127. The molecule has 0 radical (unpaired) electrons. The molecular weight excluding hydrogens is 355 g/mol. The van der Waals surface area contributed by atoms with Crippen molar-refractivity contribution in [3.63, 3.8) is 0 Å². The summed E-state index contributed by atoms with van der Waals surface area (Å²) in [5.41, 5.74) is 5.77. The van der Waals surface area contributed by atoms with E-state index in [0.29, 0.717) is 12.0 Å². The highest BCUT2D eigenvalue weighted by molar-refractivity contribution is 14.0. The molecule has 0 atom stereocenters. The number of aliphatic imine (C=N–C) groups is 1. The Hall–Kier alpha value is -0.0800. The summed E-state index contributed by atoms with van der Waals surface area (Å²) >= 11 is 0. The molecule has 0 aliphatic carbocycles. The van der Waals surface area contributed by atoms with Gasteiger partial charge >= 0.3 is 0 Å². The first-order valence-electron chi connectivity index (χ1n) is 6.97. The van der Waals surface area contributed by atoms with Gasteiger partial charge in [-0.2, -0.15) is 0 Å². The van der Waals surface area contributed by atoms with Gasteiger partial charge in [0.05, 0.1) is 0 Å². The first-order valence-corrected chi connectivity index (χ1v) is 6.97. The van der Waals surface area contributed by atoms with Crippen LogP contribution in [0.1, 0.15) is 34.1 Å². The lowest BCUT2D eigenvalue weighted by molar-refractivity contribution is 0.146. The average Bonchev–Trinajstić information content (AvgIpc) is 2.34. The zero-order chi connectivity index (χ0) is 13.8. The normalized spacial score (nSPS) is 11.8. The van der Waals surface area contributed by atoms with E-state index in [1.165, 1.54) is 0 Å². The van der Waals surface area contributed by atoms with Crippen molar-refractivity contribution in [2.75, 3.05) is 39.4 Å². The Labute approximate surface area is 135 Å². The van der Waals surface area contributed by atoms with Gasteiger partial charge in [-0.1, -0.05) is 6.92 Å². The van der Waals surface area contributed by atoms with Crippen LogP contribution >= 0.6 is 24.0 Å². The third-order valence-corrected chi connectivity index (χ3v) is 2.77. The van der Waals surface area contributed by atoms with Crippen molar-refractivity contribution in [3.8, 4) is 0 Å². The van der Waals surface area contributed by atoms with Crippen LogP contribution in [0.2, 0.25) is 0 Å². The Morgan fingerprint density at radius 1 is 1.37 bits per heavy atom. The lowest BCUT2D eigenvalue weighted by Gasteiger charge is -2.24. The maximum Gasteiger partial charge on any atom is 0.188 e. The number of nitrogens with two attached hydrogens (primary N) is 1. The largest absolute Gasteiger partial charge is 0.382 e. The molecule has 0 bridgehead atoms. The molecule has 0 heterocycles. The molecule has 0 aromatic carbocycles. The van der Waals surface area contributed by atoms with Gasteiger partial charge in [0.2, 0.25) is 0 Å². The summed E-state index contributed by atoms with van der Waals surface area (Å²) in [6.07, 6.45) is 0.920. The van der Waals surface area contributed by atoms with E-state index in [-0.39, 0.29) is 24.0 Å². The number of halogens is 1. The average molecular weight is 386 g/mol. The lowest BCUT2D eigenvalue weighted by atomic mass is 10.3. The van der Waals surface area contributed by atoms with Crippen LogP contribution in [0.15, 0.2) is 4.99 Å². The van der Waals surface area contributed by atoms with E-state index in [0.717, 1.165) is 45.8 Å². The Morgan fingerprint density at radius 3 is 2.58 bits per heavy atom. The molecule has 0 saturated heterocycles. The summed E-state index contributed by atoms with van der Waals surface area (Å²) in [7, 11) is 0. The van der Waals surface area contributed by atoms with Crippen LogP contribution in [0.25, 0.3) is 0 Å². The van der Waals surface area contributed by atoms with Crippen molar-refractivity contribution < 1.29 is 4.74 Å². The van der Waals surface area contributed by atoms with Crippen molar-refractivity contribution in [2.24, 2.45) is 10.7 Å². The number of nitrogens with zero attached hydrogens (tertiary/aromatic N) is 2. The molecular formula is C13H31IN4O. The number of nitrogens with one attached hydrogen (secondary N) is 1. The van der Waals surface area contributed by atoms with Crippen LogP contribution in [0.5, 0.6) is 0 Å².